The Labute approximate surface area is 66.0 Å². The lowest BCUT2D eigenvalue weighted by atomic mass is 10.2. The van der Waals surface area contributed by atoms with Gasteiger partial charge in [0.1, 0.15) is 4.84 Å². The van der Waals surface area contributed by atoms with E-state index >= 15 is 0 Å². The first-order valence-corrected chi connectivity index (χ1v) is 4.02. The van der Waals surface area contributed by atoms with Crippen molar-refractivity contribution in [3.8, 4) is 0 Å². The van der Waals surface area contributed by atoms with Crippen molar-refractivity contribution in [2.75, 3.05) is 0 Å². The van der Waals surface area contributed by atoms with Crippen molar-refractivity contribution in [2.45, 2.75) is 37.1 Å². The Morgan fingerprint density at radius 2 is 2.00 bits per heavy atom. The average Bonchev–Trinajstić information content (AvgIpc) is 1.82. The molecule has 0 aromatic rings. The molecule has 0 aromatic heterocycles. The molecular formula is C6H12Cl2O. The van der Waals surface area contributed by atoms with E-state index in [9.17, 15) is 0 Å². The van der Waals surface area contributed by atoms with Gasteiger partial charge in [0.15, 0.2) is 0 Å². The average molecular weight is 171 g/mol. The molecule has 0 fully saturated rings. The van der Waals surface area contributed by atoms with E-state index < -0.39 is 10.9 Å². The summed E-state index contributed by atoms with van der Waals surface area (Å²) in [5.41, 5.74) is 0. The van der Waals surface area contributed by atoms with Gasteiger partial charge in [-0.2, -0.15) is 0 Å². The van der Waals surface area contributed by atoms with Gasteiger partial charge in [-0.05, 0) is 6.42 Å². The molecule has 0 aliphatic carbocycles. The van der Waals surface area contributed by atoms with Crippen LogP contribution in [0.5, 0.6) is 0 Å². The standard InChI is InChI=1S/C6H12Cl2O/c1-2-3-4-5(9)6(7)8/h5-6,9H,2-4H2,1H3. The van der Waals surface area contributed by atoms with Crippen LogP contribution in [0, 0.1) is 0 Å². The summed E-state index contributed by atoms with van der Waals surface area (Å²) in [5.74, 6) is 0. The second-order valence-electron chi connectivity index (χ2n) is 2.04. The molecule has 1 N–H and O–H groups in total. The molecule has 1 atom stereocenters. The van der Waals surface area contributed by atoms with E-state index in [4.69, 9.17) is 28.3 Å². The van der Waals surface area contributed by atoms with E-state index in [1.165, 1.54) is 0 Å². The van der Waals surface area contributed by atoms with Gasteiger partial charge in [0.2, 0.25) is 0 Å². The van der Waals surface area contributed by atoms with Crippen molar-refractivity contribution >= 4 is 23.2 Å². The van der Waals surface area contributed by atoms with E-state index in [1.54, 1.807) is 0 Å². The number of halogens is 2. The number of rotatable bonds is 4. The van der Waals surface area contributed by atoms with Crippen molar-refractivity contribution in [1.82, 2.24) is 0 Å². The van der Waals surface area contributed by atoms with Gasteiger partial charge in [-0.3, -0.25) is 0 Å². The zero-order valence-electron chi connectivity index (χ0n) is 5.48. The third kappa shape index (κ3) is 5.01. The Morgan fingerprint density at radius 3 is 2.33 bits per heavy atom. The SMILES string of the molecule is CCCCC(O)C(Cl)Cl. The predicted molar refractivity (Wildman–Crippen MR) is 41.0 cm³/mol. The van der Waals surface area contributed by atoms with Gasteiger partial charge in [-0.25, -0.2) is 0 Å². The summed E-state index contributed by atoms with van der Waals surface area (Å²) in [7, 11) is 0. The first kappa shape index (κ1) is 9.54. The predicted octanol–water partition coefficient (Wildman–Crippen LogP) is 2.34. The molecule has 0 rings (SSSR count). The smallest absolute Gasteiger partial charge is 0.133 e. The van der Waals surface area contributed by atoms with Gasteiger partial charge in [0.05, 0.1) is 6.10 Å². The van der Waals surface area contributed by atoms with Gasteiger partial charge >= 0.3 is 0 Å². The van der Waals surface area contributed by atoms with Crippen LogP contribution >= 0.6 is 23.2 Å². The number of aliphatic hydroxyl groups is 1. The highest BCUT2D eigenvalue weighted by atomic mass is 35.5. The van der Waals surface area contributed by atoms with Crippen molar-refractivity contribution < 1.29 is 5.11 Å². The Kier molecular flexibility index (Phi) is 5.65. The molecule has 56 valence electrons. The summed E-state index contributed by atoms with van der Waals surface area (Å²) >= 11 is 10.8. The van der Waals surface area contributed by atoms with Crippen molar-refractivity contribution in [1.29, 1.82) is 0 Å². The number of unbranched alkanes of at least 4 members (excludes halogenated alkanes) is 1. The normalized spacial score (nSPS) is 14.3. The maximum Gasteiger partial charge on any atom is 0.133 e. The fourth-order valence-corrected chi connectivity index (χ4v) is 0.791. The van der Waals surface area contributed by atoms with Gasteiger partial charge in [0.25, 0.3) is 0 Å². The minimum absolute atomic E-state index is 0.548. The number of alkyl halides is 2. The van der Waals surface area contributed by atoms with Gasteiger partial charge < -0.3 is 5.11 Å². The summed E-state index contributed by atoms with van der Waals surface area (Å²) < 4.78 is 0. The Hall–Kier alpha value is 0.540. The maximum absolute atomic E-state index is 8.99. The zero-order chi connectivity index (χ0) is 7.28. The van der Waals surface area contributed by atoms with Crippen molar-refractivity contribution in [3.63, 3.8) is 0 Å². The van der Waals surface area contributed by atoms with Gasteiger partial charge in [0, 0.05) is 0 Å². The molecule has 0 saturated carbocycles. The van der Waals surface area contributed by atoms with E-state index in [2.05, 4.69) is 6.92 Å². The van der Waals surface area contributed by atoms with Crippen LogP contribution in [-0.2, 0) is 0 Å². The summed E-state index contributed by atoms with van der Waals surface area (Å²) in [6.45, 7) is 2.06. The van der Waals surface area contributed by atoms with Crippen LogP contribution in [0.2, 0.25) is 0 Å². The van der Waals surface area contributed by atoms with Crippen molar-refractivity contribution in [2.24, 2.45) is 0 Å². The van der Waals surface area contributed by atoms with Crippen LogP contribution < -0.4 is 0 Å². The molecule has 0 radical (unpaired) electrons. The monoisotopic (exact) mass is 170 g/mol. The number of aliphatic hydroxyl groups excluding tert-OH is 1. The molecule has 0 aromatic carbocycles. The highest BCUT2D eigenvalue weighted by molar-refractivity contribution is 6.44. The molecule has 1 nitrogen and oxygen atoms in total. The van der Waals surface area contributed by atoms with E-state index in [1.807, 2.05) is 0 Å². The molecule has 0 bridgehead atoms. The summed E-state index contributed by atoms with van der Waals surface area (Å²) in [5, 5.41) is 8.99. The van der Waals surface area contributed by atoms with Crippen LogP contribution in [-0.4, -0.2) is 16.0 Å². The van der Waals surface area contributed by atoms with E-state index in [0.717, 1.165) is 12.8 Å². The van der Waals surface area contributed by atoms with Crippen LogP contribution in [0.15, 0.2) is 0 Å². The molecular weight excluding hydrogens is 159 g/mol. The highest BCUT2D eigenvalue weighted by Crippen LogP contribution is 2.12. The molecule has 0 amide bonds. The maximum atomic E-state index is 8.99. The molecule has 0 spiro atoms. The number of hydrogen-bond donors (Lipinski definition) is 1. The van der Waals surface area contributed by atoms with Gasteiger partial charge in [-0.15, -0.1) is 23.2 Å². The second-order valence-corrected chi connectivity index (χ2v) is 3.21. The third-order valence-electron chi connectivity index (χ3n) is 1.14. The Balaban J connectivity index is 3.16. The lowest BCUT2D eigenvalue weighted by Gasteiger charge is -2.08. The second kappa shape index (κ2) is 5.33. The molecule has 0 heterocycles. The van der Waals surface area contributed by atoms with E-state index in [0.29, 0.717) is 6.42 Å². The lowest BCUT2D eigenvalue weighted by molar-refractivity contribution is 0.175. The lowest BCUT2D eigenvalue weighted by Crippen LogP contribution is -2.14. The first-order chi connectivity index (χ1) is 4.18. The minimum Gasteiger partial charge on any atom is -0.390 e. The summed E-state index contributed by atoms with van der Waals surface area (Å²) in [6.07, 6.45) is 2.20. The number of hydrogen-bond acceptors (Lipinski definition) is 1. The van der Waals surface area contributed by atoms with Crippen LogP contribution in [0.4, 0.5) is 0 Å². The molecule has 0 aliphatic heterocycles. The molecule has 0 aliphatic rings. The summed E-state index contributed by atoms with van der Waals surface area (Å²) in [6, 6.07) is 0. The fraction of sp³-hybridized carbons (Fsp3) is 1.00. The molecule has 0 saturated heterocycles. The van der Waals surface area contributed by atoms with Gasteiger partial charge in [-0.1, -0.05) is 19.8 Å². The molecule has 9 heavy (non-hydrogen) atoms. The Morgan fingerprint density at radius 1 is 1.44 bits per heavy atom. The molecule has 1 unspecified atom stereocenters. The van der Waals surface area contributed by atoms with Crippen LogP contribution in [0.25, 0.3) is 0 Å². The van der Waals surface area contributed by atoms with E-state index in [-0.39, 0.29) is 0 Å². The summed E-state index contributed by atoms with van der Waals surface area (Å²) in [4.78, 5) is -0.628. The highest BCUT2D eigenvalue weighted by Gasteiger charge is 2.11. The fourth-order valence-electron chi connectivity index (χ4n) is 0.539. The van der Waals surface area contributed by atoms with Crippen molar-refractivity contribution in [3.05, 3.63) is 0 Å². The zero-order valence-corrected chi connectivity index (χ0v) is 6.99. The third-order valence-corrected chi connectivity index (χ3v) is 1.73. The van der Waals surface area contributed by atoms with Crippen LogP contribution in [0.3, 0.4) is 0 Å². The largest absolute Gasteiger partial charge is 0.390 e. The Bertz CT molecular complexity index is 66.1. The quantitative estimate of drug-likeness (QED) is 0.643. The first-order valence-electron chi connectivity index (χ1n) is 3.14. The van der Waals surface area contributed by atoms with Crippen LogP contribution in [0.1, 0.15) is 26.2 Å². The molecule has 3 heteroatoms. The minimum atomic E-state index is -0.628. The topological polar surface area (TPSA) is 20.2 Å².